The van der Waals surface area contributed by atoms with E-state index in [-0.39, 0.29) is 12.2 Å². The first-order valence-corrected chi connectivity index (χ1v) is 10.2. The summed E-state index contributed by atoms with van der Waals surface area (Å²) in [6, 6.07) is 9.31. The molecular weight excluding hydrogens is 464 g/mol. The van der Waals surface area contributed by atoms with Gasteiger partial charge >= 0.3 is 6.03 Å². The summed E-state index contributed by atoms with van der Waals surface area (Å²) in [4.78, 5) is 38.7. The molecule has 0 spiro atoms. The number of carbonyl (C=O) groups is 3. The van der Waals surface area contributed by atoms with Gasteiger partial charge in [0.15, 0.2) is 11.5 Å². The normalized spacial score (nSPS) is 15.0. The zero-order valence-corrected chi connectivity index (χ0v) is 18.5. The summed E-state index contributed by atoms with van der Waals surface area (Å²) in [5.74, 6) is 1.70. The van der Waals surface area contributed by atoms with Crippen LogP contribution >= 0.6 is 15.9 Å². The number of aryl methyl sites for hydroxylation is 1. The molecule has 1 fully saturated rings. The number of nitrogens with one attached hydrogen (secondary N) is 1. The first-order valence-electron chi connectivity index (χ1n) is 9.36. The molecular formula is C23H19BrN2O5. The van der Waals surface area contributed by atoms with Crippen LogP contribution in [0.5, 0.6) is 11.5 Å². The summed E-state index contributed by atoms with van der Waals surface area (Å²) >= 11 is 3.41. The Labute approximate surface area is 188 Å². The van der Waals surface area contributed by atoms with Crippen molar-refractivity contribution in [2.75, 3.05) is 18.1 Å². The number of benzene rings is 2. The van der Waals surface area contributed by atoms with Gasteiger partial charge in [-0.05, 0) is 65.7 Å². The van der Waals surface area contributed by atoms with Gasteiger partial charge in [0.25, 0.3) is 11.8 Å². The summed E-state index contributed by atoms with van der Waals surface area (Å²) in [5, 5.41) is 2.21. The molecule has 0 atom stereocenters. The molecule has 1 aliphatic heterocycles. The van der Waals surface area contributed by atoms with Gasteiger partial charge in [-0.15, -0.1) is 6.42 Å². The molecule has 2 aromatic carbocycles. The van der Waals surface area contributed by atoms with Crippen molar-refractivity contribution in [2.45, 2.75) is 13.8 Å². The van der Waals surface area contributed by atoms with Crippen LogP contribution in [0.15, 0.2) is 46.4 Å². The van der Waals surface area contributed by atoms with Crippen LogP contribution in [0.25, 0.3) is 6.08 Å². The lowest BCUT2D eigenvalue weighted by atomic mass is 10.1. The standard InChI is InChI=1S/C23H19BrN2O5/c1-4-10-31-20-18(24)12-15(13-19(20)30-5-2)11-17-21(27)25-23(29)26(22(17)28)16-8-6-14(3)7-9-16/h1,6-9,11-13H,5,10H2,2-3H3,(H,25,27,29)/b17-11+. The smallest absolute Gasteiger partial charge is 0.335 e. The third-order valence-electron chi connectivity index (χ3n) is 4.34. The average molecular weight is 483 g/mol. The summed E-state index contributed by atoms with van der Waals surface area (Å²) in [6.45, 7) is 4.12. The Balaban J connectivity index is 2.02. The molecule has 3 rings (SSSR count). The Morgan fingerprint density at radius 3 is 2.52 bits per heavy atom. The van der Waals surface area contributed by atoms with Gasteiger partial charge in [0, 0.05) is 0 Å². The van der Waals surface area contributed by atoms with Crippen molar-refractivity contribution in [3.05, 3.63) is 57.6 Å². The highest BCUT2D eigenvalue weighted by atomic mass is 79.9. The van der Waals surface area contributed by atoms with E-state index in [4.69, 9.17) is 15.9 Å². The number of ether oxygens (including phenoxy) is 2. The Kier molecular flexibility index (Phi) is 6.78. The fraction of sp³-hybridized carbons (Fsp3) is 0.174. The second-order valence-corrected chi connectivity index (χ2v) is 7.40. The molecule has 158 valence electrons. The molecule has 4 amide bonds. The van der Waals surface area contributed by atoms with E-state index < -0.39 is 17.8 Å². The molecule has 1 N–H and O–H groups in total. The maximum atomic E-state index is 13.0. The molecule has 31 heavy (non-hydrogen) atoms. The van der Waals surface area contributed by atoms with E-state index in [2.05, 4.69) is 27.2 Å². The Hall–Kier alpha value is -3.57. The quantitative estimate of drug-likeness (QED) is 0.384. The van der Waals surface area contributed by atoms with E-state index in [1.54, 1.807) is 36.4 Å². The van der Waals surface area contributed by atoms with Crippen molar-refractivity contribution in [3.8, 4) is 23.8 Å². The van der Waals surface area contributed by atoms with Gasteiger partial charge in [-0.3, -0.25) is 14.9 Å². The lowest BCUT2D eigenvalue weighted by Crippen LogP contribution is -2.54. The van der Waals surface area contributed by atoms with Crippen LogP contribution in [0.3, 0.4) is 0 Å². The highest BCUT2D eigenvalue weighted by Crippen LogP contribution is 2.37. The number of halogens is 1. The van der Waals surface area contributed by atoms with Gasteiger partial charge in [-0.2, -0.15) is 0 Å². The molecule has 8 heteroatoms. The van der Waals surface area contributed by atoms with Crippen LogP contribution in [-0.4, -0.2) is 31.1 Å². The Morgan fingerprint density at radius 2 is 1.87 bits per heavy atom. The number of terminal acetylenes is 1. The average Bonchev–Trinajstić information content (AvgIpc) is 2.72. The highest BCUT2D eigenvalue weighted by molar-refractivity contribution is 9.10. The van der Waals surface area contributed by atoms with Crippen molar-refractivity contribution in [1.82, 2.24) is 5.32 Å². The first kappa shape index (κ1) is 22.1. The minimum absolute atomic E-state index is 0.0492. The maximum Gasteiger partial charge on any atom is 0.335 e. The van der Waals surface area contributed by atoms with Gasteiger partial charge < -0.3 is 9.47 Å². The number of nitrogens with zero attached hydrogens (tertiary/aromatic N) is 1. The van der Waals surface area contributed by atoms with Crippen LogP contribution in [0, 0.1) is 19.3 Å². The molecule has 0 bridgehead atoms. The number of imide groups is 2. The molecule has 0 radical (unpaired) electrons. The van der Waals surface area contributed by atoms with E-state index in [9.17, 15) is 14.4 Å². The molecule has 0 aliphatic carbocycles. The number of amides is 4. The number of hydrogen-bond donors (Lipinski definition) is 1. The molecule has 0 aromatic heterocycles. The van der Waals surface area contributed by atoms with E-state index in [0.29, 0.717) is 33.8 Å². The molecule has 0 unspecified atom stereocenters. The minimum Gasteiger partial charge on any atom is -0.490 e. The van der Waals surface area contributed by atoms with E-state index in [1.165, 1.54) is 6.08 Å². The van der Waals surface area contributed by atoms with Crippen molar-refractivity contribution in [2.24, 2.45) is 0 Å². The van der Waals surface area contributed by atoms with Gasteiger partial charge in [0.05, 0.1) is 16.8 Å². The Morgan fingerprint density at radius 1 is 1.16 bits per heavy atom. The lowest BCUT2D eigenvalue weighted by Gasteiger charge is -2.26. The highest BCUT2D eigenvalue weighted by Gasteiger charge is 2.36. The van der Waals surface area contributed by atoms with Gasteiger partial charge in [-0.25, -0.2) is 9.69 Å². The van der Waals surface area contributed by atoms with Gasteiger partial charge in [-0.1, -0.05) is 23.6 Å². The second-order valence-electron chi connectivity index (χ2n) is 6.55. The van der Waals surface area contributed by atoms with Crippen molar-refractivity contribution in [1.29, 1.82) is 0 Å². The molecule has 2 aromatic rings. The van der Waals surface area contributed by atoms with E-state index in [0.717, 1.165) is 10.5 Å². The topological polar surface area (TPSA) is 84.9 Å². The number of carbonyl (C=O) groups excluding carboxylic acids is 3. The van der Waals surface area contributed by atoms with Crippen LogP contribution in [-0.2, 0) is 9.59 Å². The van der Waals surface area contributed by atoms with Crippen LogP contribution < -0.4 is 19.7 Å². The number of barbiturate groups is 1. The number of hydrogen-bond acceptors (Lipinski definition) is 5. The molecule has 1 aliphatic rings. The van der Waals surface area contributed by atoms with Gasteiger partial charge in [0.2, 0.25) is 0 Å². The molecule has 7 nitrogen and oxygen atoms in total. The van der Waals surface area contributed by atoms with E-state index >= 15 is 0 Å². The summed E-state index contributed by atoms with van der Waals surface area (Å²) in [6.07, 6.45) is 6.65. The van der Waals surface area contributed by atoms with Crippen LogP contribution in [0.1, 0.15) is 18.1 Å². The molecule has 1 saturated heterocycles. The largest absolute Gasteiger partial charge is 0.490 e. The van der Waals surface area contributed by atoms with Crippen LogP contribution in [0.2, 0.25) is 0 Å². The fourth-order valence-electron chi connectivity index (χ4n) is 2.94. The van der Waals surface area contributed by atoms with Crippen molar-refractivity contribution in [3.63, 3.8) is 0 Å². The third kappa shape index (κ3) is 4.78. The predicted molar refractivity (Wildman–Crippen MR) is 120 cm³/mol. The molecule has 1 heterocycles. The predicted octanol–water partition coefficient (Wildman–Crippen LogP) is 3.83. The zero-order chi connectivity index (χ0) is 22.5. The number of urea groups is 1. The van der Waals surface area contributed by atoms with Gasteiger partial charge in [0.1, 0.15) is 12.2 Å². The van der Waals surface area contributed by atoms with Crippen molar-refractivity contribution < 1.29 is 23.9 Å². The fourth-order valence-corrected chi connectivity index (χ4v) is 3.51. The lowest BCUT2D eigenvalue weighted by molar-refractivity contribution is -0.122. The second kappa shape index (κ2) is 9.49. The van der Waals surface area contributed by atoms with Crippen molar-refractivity contribution >= 4 is 45.5 Å². The maximum absolute atomic E-state index is 13.0. The van der Waals surface area contributed by atoms with E-state index in [1.807, 2.05) is 13.8 Å². The first-order chi connectivity index (χ1) is 14.8. The minimum atomic E-state index is -0.801. The Bertz CT molecular complexity index is 1120. The monoisotopic (exact) mass is 482 g/mol. The third-order valence-corrected chi connectivity index (χ3v) is 4.93. The summed E-state index contributed by atoms with van der Waals surface area (Å²) in [5.41, 5.74) is 1.65. The SMILES string of the molecule is C#CCOc1c(Br)cc(/C=C2\C(=O)NC(=O)N(c3ccc(C)cc3)C2=O)cc1OCC. The number of rotatable bonds is 6. The zero-order valence-electron chi connectivity index (χ0n) is 16.9. The summed E-state index contributed by atoms with van der Waals surface area (Å²) < 4.78 is 11.7. The molecule has 0 saturated carbocycles. The summed E-state index contributed by atoms with van der Waals surface area (Å²) in [7, 11) is 0. The van der Waals surface area contributed by atoms with Crippen LogP contribution in [0.4, 0.5) is 10.5 Å². The number of anilines is 1.